The van der Waals surface area contributed by atoms with E-state index in [2.05, 4.69) is 15.4 Å². The molecule has 0 saturated carbocycles. The highest BCUT2D eigenvalue weighted by molar-refractivity contribution is 6.07. The average molecular weight is 294 g/mol. The molecule has 5 heteroatoms. The maximum absolute atomic E-state index is 12.5. The lowest BCUT2D eigenvalue weighted by molar-refractivity contribution is 0.101. The number of nitrogens with zero attached hydrogens (tertiary/aromatic N) is 3. The molecular weight excluding hydrogens is 276 g/mol. The topological polar surface area (TPSA) is 59.8 Å². The van der Waals surface area contributed by atoms with Gasteiger partial charge in [-0.15, -0.1) is 0 Å². The van der Waals surface area contributed by atoms with Crippen LogP contribution in [-0.4, -0.2) is 20.7 Å². The van der Waals surface area contributed by atoms with Gasteiger partial charge in [0.1, 0.15) is 5.69 Å². The molecule has 3 rings (SSSR count). The van der Waals surface area contributed by atoms with Gasteiger partial charge in [-0.25, -0.2) is 0 Å². The second-order valence-corrected chi connectivity index (χ2v) is 5.53. The summed E-state index contributed by atoms with van der Waals surface area (Å²) in [6.45, 7) is 5.94. The van der Waals surface area contributed by atoms with Crippen molar-refractivity contribution >= 4 is 22.5 Å². The lowest BCUT2D eigenvalue weighted by Gasteiger charge is -2.12. The molecule has 0 unspecified atom stereocenters. The molecule has 3 aromatic rings. The largest absolute Gasteiger partial charge is 0.320 e. The number of benzene rings is 1. The molecule has 0 saturated heterocycles. The van der Waals surface area contributed by atoms with Gasteiger partial charge in [0.25, 0.3) is 5.91 Å². The van der Waals surface area contributed by atoms with E-state index in [1.165, 1.54) is 0 Å². The average Bonchev–Trinajstić information content (AvgIpc) is 2.97. The Morgan fingerprint density at radius 3 is 2.77 bits per heavy atom. The Kier molecular flexibility index (Phi) is 3.63. The van der Waals surface area contributed by atoms with Crippen LogP contribution in [0.15, 0.2) is 42.6 Å². The first-order valence-corrected chi connectivity index (χ1v) is 7.27. The summed E-state index contributed by atoms with van der Waals surface area (Å²) >= 11 is 0. The highest BCUT2D eigenvalue weighted by Gasteiger charge is 2.15. The van der Waals surface area contributed by atoms with E-state index in [1.807, 2.05) is 51.1 Å². The third kappa shape index (κ3) is 2.57. The van der Waals surface area contributed by atoms with Gasteiger partial charge in [-0.3, -0.25) is 14.5 Å². The fraction of sp³-hybridized carbons (Fsp3) is 0.235. The Labute approximate surface area is 129 Å². The number of carbonyl (C=O) groups is 1. The minimum atomic E-state index is -0.167. The van der Waals surface area contributed by atoms with Crippen LogP contribution in [0.1, 0.15) is 36.1 Å². The third-order valence-electron chi connectivity index (χ3n) is 3.51. The maximum atomic E-state index is 12.5. The van der Waals surface area contributed by atoms with E-state index in [1.54, 1.807) is 16.9 Å². The van der Waals surface area contributed by atoms with Crippen molar-refractivity contribution in [3.63, 3.8) is 0 Å². The van der Waals surface area contributed by atoms with Gasteiger partial charge >= 0.3 is 0 Å². The predicted molar refractivity (Wildman–Crippen MR) is 87.0 cm³/mol. The van der Waals surface area contributed by atoms with Crippen LogP contribution in [0.5, 0.6) is 0 Å². The zero-order valence-corrected chi connectivity index (χ0v) is 12.9. The van der Waals surface area contributed by atoms with Crippen LogP contribution in [0, 0.1) is 6.92 Å². The van der Waals surface area contributed by atoms with E-state index in [-0.39, 0.29) is 11.9 Å². The predicted octanol–water partition coefficient (Wildman–Crippen LogP) is 3.57. The van der Waals surface area contributed by atoms with Crippen molar-refractivity contribution in [2.75, 3.05) is 5.32 Å². The van der Waals surface area contributed by atoms with E-state index >= 15 is 0 Å². The molecule has 1 aromatic carbocycles. The van der Waals surface area contributed by atoms with Crippen LogP contribution in [0.4, 0.5) is 5.69 Å². The molecule has 0 fully saturated rings. The van der Waals surface area contributed by atoms with Crippen LogP contribution >= 0.6 is 0 Å². The molecule has 5 nitrogen and oxygen atoms in total. The summed E-state index contributed by atoms with van der Waals surface area (Å²) in [5, 5.41) is 8.09. The molecule has 112 valence electrons. The molecule has 2 heterocycles. The first-order valence-electron chi connectivity index (χ1n) is 7.27. The number of rotatable bonds is 3. The molecule has 2 aromatic heterocycles. The van der Waals surface area contributed by atoms with Crippen molar-refractivity contribution in [1.29, 1.82) is 0 Å². The number of pyridine rings is 1. The highest BCUT2D eigenvalue weighted by Crippen LogP contribution is 2.23. The minimum absolute atomic E-state index is 0.132. The molecule has 1 N–H and O–H groups in total. The standard InChI is InChI=1S/C17H18N4O/c1-11(2)21-16(9-10-18-21)17(22)20-15-6-4-5-14-13(15)8-7-12(3)19-14/h4-11H,1-3H3,(H,20,22). The zero-order chi connectivity index (χ0) is 15.7. The fourth-order valence-electron chi connectivity index (χ4n) is 2.46. The fourth-order valence-corrected chi connectivity index (χ4v) is 2.46. The second-order valence-electron chi connectivity index (χ2n) is 5.53. The van der Waals surface area contributed by atoms with Gasteiger partial charge in [-0.2, -0.15) is 5.10 Å². The summed E-state index contributed by atoms with van der Waals surface area (Å²) in [7, 11) is 0. The second kappa shape index (κ2) is 5.60. The Morgan fingerprint density at radius 1 is 1.18 bits per heavy atom. The molecule has 0 aliphatic heterocycles. The zero-order valence-electron chi connectivity index (χ0n) is 12.9. The van der Waals surface area contributed by atoms with Crippen molar-refractivity contribution in [3.05, 3.63) is 54.0 Å². The molecular formula is C17H18N4O. The molecule has 0 bridgehead atoms. The molecule has 0 aliphatic carbocycles. The van der Waals surface area contributed by atoms with Crippen LogP contribution in [0.25, 0.3) is 10.9 Å². The van der Waals surface area contributed by atoms with Crippen LogP contribution in [-0.2, 0) is 0 Å². The number of carbonyl (C=O) groups excluding carboxylic acids is 1. The summed E-state index contributed by atoms with van der Waals surface area (Å²) < 4.78 is 1.71. The number of amides is 1. The normalized spacial score (nSPS) is 11.1. The Bertz CT molecular complexity index is 836. The van der Waals surface area contributed by atoms with E-state index in [0.29, 0.717) is 5.69 Å². The van der Waals surface area contributed by atoms with Gasteiger partial charge in [0.05, 0.1) is 11.2 Å². The van der Waals surface area contributed by atoms with E-state index in [4.69, 9.17) is 0 Å². The highest BCUT2D eigenvalue weighted by atomic mass is 16.2. The number of hydrogen-bond donors (Lipinski definition) is 1. The number of aryl methyl sites for hydroxylation is 1. The van der Waals surface area contributed by atoms with Crippen molar-refractivity contribution in [1.82, 2.24) is 14.8 Å². The Morgan fingerprint density at radius 2 is 2.00 bits per heavy atom. The van der Waals surface area contributed by atoms with Gasteiger partial charge in [0.2, 0.25) is 0 Å². The van der Waals surface area contributed by atoms with Gasteiger partial charge in [-0.1, -0.05) is 6.07 Å². The van der Waals surface area contributed by atoms with Crippen LogP contribution in [0.3, 0.4) is 0 Å². The maximum Gasteiger partial charge on any atom is 0.273 e. The van der Waals surface area contributed by atoms with Gasteiger partial charge in [-0.05, 0) is 51.1 Å². The van der Waals surface area contributed by atoms with Crippen molar-refractivity contribution < 1.29 is 4.79 Å². The molecule has 0 spiro atoms. The summed E-state index contributed by atoms with van der Waals surface area (Å²) in [6.07, 6.45) is 1.64. The smallest absolute Gasteiger partial charge is 0.273 e. The summed E-state index contributed by atoms with van der Waals surface area (Å²) in [4.78, 5) is 17.0. The molecule has 22 heavy (non-hydrogen) atoms. The monoisotopic (exact) mass is 294 g/mol. The lowest BCUT2D eigenvalue weighted by Crippen LogP contribution is -2.19. The first-order chi connectivity index (χ1) is 10.6. The number of anilines is 1. The van der Waals surface area contributed by atoms with Crippen molar-refractivity contribution in [3.8, 4) is 0 Å². The van der Waals surface area contributed by atoms with Crippen molar-refractivity contribution in [2.24, 2.45) is 0 Å². The van der Waals surface area contributed by atoms with Gasteiger partial charge in [0.15, 0.2) is 0 Å². The van der Waals surface area contributed by atoms with Crippen molar-refractivity contribution in [2.45, 2.75) is 26.8 Å². The quantitative estimate of drug-likeness (QED) is 0.803. The number of hydrogen-bond acceptors (Lipinski definition) is 3. The SMILES string of the molecule is Cc1ccc2c(NC(=O)c3ccnn3C(C)C)cccc2n1. The van der Waals surface area contributed by atoms with Gasteiger partial charge < -0.3 is 5.32 Å². The summed E-state index contributed by atoms with van der Waals surface area (Å²) in [6, 6.07) is 11.5. The minimum Gasteiger partial charge on any atom is -0.320 e. The molecule has 1 amide bonds. The third-order valence-corrected chi connectivity index (χ3v) is 3.51. The Hall–Kier alpha value is -2.69. The molecule has 0 aliphatic rings. The Balaban J connectivity index is 1.96. The lowest BCUT2D eigenvalue weighted by atomic mass is 10.1. The molecule has 0 atom stereocenters. The van der Waals surface area contributed by atoms with E-state index in [9.17, 15) is 4.79 Å². The van der Waals surface area contributed by atoms with E-state index < -0.39 is 0 Å². The first kappa shape index (κ1) is 14.3. The molecule has 0 radical (unpaired) electrons. The van der Waals surface area contributed by atoms with E-state index in [0.717, 1.165) is 22.3 Å². The summed E-state index contributed by atoms with van der Waals surface area (Å²) in [5.41, 5.74) is 3.13. The number of fused-ring (bicyclic) bond motifs is 1. The van der Waals surface area contributed by atoms with Crippen LogP contribution in [0.2, 0.25) is 0 Å². The number of nitrogens with one attached hydrogen (secondary N) is 1. The van der Waals surface area contributed by atoms with Crippen LogP contribution < -0.4 is 5.32 Å². The summed E-state index contributed by atoms with van der Waals surface area (Å²) in [5.74, 6) is -0.167. The van der Waals surface area contributed by atoms with Gasteiger partial charge in [0, 0.05) is 23.3 Å². The number of aromatic nitrogens is 3.